The highest BCUT2D eigenvalue weighted by Gasteiger charge is 2.32. The van der Waals surface area contributed by atoms with Gasteiger partial charge in [0.25, 0.3) is 10.2 Å². The van der Waals surface area contributed by atoms with Crippen LogP contribution < -0.4 is 0 Å². The van der Waals surface area contributed by atoms with Crippen LogP contribution in [0.25, 0.3) is 0 Å². The van der Waals surface area contributed by atoms with Gasteiger partial charge in [-0.2, -0.15) is 17.0 Å². The molecule has 0 saturated carbocycles. The molecule has 0 bridgehead atoms. The van der Waals surface area contributed by atoms with Crippen LogP contribution in [0.15, 0.2) is 0 Å². The number of rotatable bonds is 3. The van der Waals surface area contributed by atoms with Crippen molar-refractivity contribution in [2.75, 3.05) is 20.1 Å². The van der Waals surface area contributed by atoms with Crippen LogP contribution in [-0.4, -0.2) is 48.6 Å². The number of alkyl halides is 1. The third-order valence-electron chi connectivity index (χ3n) is 2.74. The average Bonchev–Trinajstić information content (AvgIpc) is 2.16. The van der Waals surface area contributed by atoms with Gasteiger partial charge in [0.15, 0.2) is 0 Å². The normalized spacial score (nSPS) is 25.1. The van der Waals surface area contributed by atoms with Gasteiger partial charge in [-0.25, -0.2) is 0 Å². The minimum absolute atomic E-state index is 0.0225. The molecule has 1 fully saturated rings. The molecule has 1 atom stereocenters. The van der Waals surface area contributed by atoms with Crippen molar-refractivity contribution in [2.45, 2.75) is 38.1 Å². The Hall–Kier alpha value is 0.160. The monoisotopic (exact) mass is 254 g/mol. The second-order valence-corrected chi connectivity index (χ2v) is 6.82. The number of nitrogens with zero attached hydrogens (tertiary/aromatic N) is 2. The Balaban J connectivity index is 2.77. The summed E-state index contributed by atoms with van der Waals surface area (Å²) in [6.45, 7) is 4.74. The summed E-state index contributed by atoms with van der Waals surface area (Å²) in [5, 5.41) is -0.0471. The molecule has 0 amide bonds. The summed E-state index contributed by atoms with van der Waals surface area (Å²) in [7, 11) is -1.70. The van der Waals surface area contributed by atoms with E-state index >= 15 is 0 Å². The third kappa shape index (κ3) is 3.06. The topological polar surface area (TPSA) is 40.6 Å². The Bertz CT molecular complexity index is 305. The zero-order chi connectivity index (χ0) is 11.6. The first-order valence-electron chi connectivity index (χ1n) is 5.23. The molecule has 0 aromatic heterocycles. The van der Waals surface area contributed by atoms with Crippen LogP contribution in [0.3, 0.4) is 0 Å². The maximum Gasteiger partial charge on any atom is 0.282 e. The smallest absolute Gasteiger partial charge is 0.195 e. The molecule has 1 heterocycles. The fourth-order valence-corrected chi connectivity index (χ4v) is 3.58. The van der Waals surface area contributed by atoms with Gasteiger partial charge in [-0.15, -0.1) is 11.6 Å². The zero-order valence-corrected chi connectivity index (χ0v) is 11.1. The van der Waals surface area contributed by atoms with Crippen molar-refractivity contribution in [2.24, 2.45) is 0 Å². The van der Waals surface area contributed by atoms with Gasteiger partial charge in [-0.1, -0.05) is 0 Å². The standard InChI is InChI=1S/C9H19ClN2O2S/c1-8(2)11(3)15(13,14)12-6-4-5-9(10)7-12/h8-9H,4-7H2,1-3H3. The molecule has 0 aliphatic carbocycles. The van der Waals surface area contributed by atoms with Crippen LogP contribution in [0, 0.1) is 0 Å². The molecule has 90 valence electrons. The molecule has 0 radical (unpaired) electrons. The van der Waals surface area contributed by atoms with Crippen molar-refractivity contribution in [1.29, 1.82) is 0 Å². The molecule has 1 aliphatic heterocycles. The Morgan fingerprint density at radius 1 is 1.47 bits per heavy atom. The van der Waals surface area contributed by atoms with Gasteiger partial charge in [0, 0.05) is 31.6 Å². The minimum Gasteiger partial charge on any atom is -0.195 e. The lowest BCUT2D eigenvalue weighted by Gasteiger charge is -2.33. The van der Waals surface area contributed by atoms with E-state index in [9.17, 15) is 8.42 Å². The highest BCUT2D eigenvalue weighted by Crippen LogP contribution is 2.20. The average molecular weight is 255 g/mol. The van der Waals surface area contributed by atoms with Crippen LogP contribution >= 0.6 is 11.6 Å². The summed E-state index contributed by atoms with van der Waals surface area (Å²) in [6.07, 6.45) is 1.75. The number of hydrogen-bond acceptors (Lipinski definition) is 2. The predicted octanol–water partition coefficient (Wildman–Crippen LogP) is 1.27. The van der Waals surface area contributed by atoms with Gasteiger partial charge in [0.2, 0.25) is 0 Å². The Morgan fingerprint density at radius 3 is 2.53 bits per heavy atom. The van der Waals surface area contributed by atoms with Crippen molar-refractivity contribution in [3.63, 3.8) is 0 Å². The summed E-state index contributed by atoms with van der Waals surface area (Å²) in [4.78, 5) is 0. The highest BCUT2D eigenvalue weighted by atomic mass is 35.5. The first-order valence-corrected chi connectivity index (χ1v) is 7.06. The van der Waals surface area contributed by atoms with Crippen molar-refractivity contribution in [1.82, 2.24) is 8.61 Å². The largest absolute Gasteiger partial charge is 0.282 e. The molecule has 0 aromatic carbocycles. The molecule has 1 unspecified atom stereocenters. The van der Waals surface area contributed by atoms with E-state index in [0.29, 0.717) is 13.1 Å². The maximum atomic E-state index is 12.1. The molecule has 4 nitrogen and oxygen atoms in total. The summed E-state index contributed by atoms with van der Waals surface area (Å²) >= 11 is 5.98. The van der Waals surface area contributed by atoms with E-state index in [2.05, 4.69) is 0 Å². The lowest BCUT2D eigenvalue weighted by Crippen LogP contribution is -2.48. The van der Waals surface area contributed by atoms with Gasteiger partial charge in [-0.05, 0) is 26.7 Å². The van der Waals surface area contributed by atoms with E-state index in [1.54, 1.807) is 7.05 Å². The van der Waals surface area contributed by atoms with Crippen LogP contribution in [0.4, 0.5) is 0 Å². The van der Waals surface area contributed by atoms with Crippen molar-refractivity contribution < 1.29 is 8.42 Å². The second-order valence-electron chi connectivity index (χ2n) is 4.22. The summed E-state index contributed by atoms with van der Waals surface area (Å²) in [6, 6.07) is -0.0225. The van der Waals surface area contributed by atoms with E-state index in [1.165, 1.54) is 8.61 Å². The quantitative estimate of drug-likeness (QED) is 0.712. The molecule has 1 aliphatic rings. The summed E-state index contributed by atoms with van der Waals surface area (Å²) in [5.41, 5.74) is 0. The molecule has 0 N–H and O–H groups in total. The van der Waals surface area contributed by atoms with E-state index in [4.69, 9.17) is 11.6 Å². The van der Waals surface area contributed by atoms with E-state index in [0.717, 1.165) is 12.8 Å². The number of halogens is 1. The molecular weight excluding hydrogens is 236 g/mol. The Morgan fingerprint density at radius 2 is 2.07 bits per heavy atom. The predicted molar refractivity (Wildman–Crippen MR) is 62.3 cm³/mol. The van der Waals surface area contributed by atoms with Gasteiger partial charge >= 0.3 is 0 Å². The molecule has 6 heteroatoms. The van der Waals surface area contributed by atoms with E-state index in [1.807, 2.05) is 13.8 Å². The highest BCUT2D eigenvalue weighted by molar-refractivity contribution is 7.86. The van der Waals surface area contributed by atoms with Gasteiger partial charge in [-0.3, -0.25) is 0 Å². The van der Waals surface area contributed by atoms with Crippen LogP contribution in [0.1, 0.15) is 26.7 Å². The summed E-state index contributed by atoms with van der Waals surface area (Å²) < 4.78 is 27.0. The minimum atomic E-state index is -3.31. The Labute approximate surface area is 97.4 Å². The molecule has 0 spiro atoms. The van der Waals surface area contributed by atoms with Gasteiger partial charge in [0.05, 0.1) is 0 Å². The number of hydrogen-bond donors (Lipinski definition) is 0. The van der Waals surface area contributed by atoms with Crippen molar-refractivity contribution >= 4 is 21.8 Å². The lowest BCUT2D eigenvalue weighted by molar-refractivity contribution is 0.304. The van der Waals surface area contributed by atoms with E-state index < -0.39 is 10.2 Å². The molecular formula is C9H19ClN2O2S. The van der Waals surface area contributed by atoms with E-state index in [-0.39, 0.29) is 11.4 Å². The van der Waals surface area contributed by atoms with Gasteiger partial charge < -0.3 is 0 Å². The lowest BCUT2D eigenvalue weighted by atomic mass is 10.2. The zero-order valence-electron chi connectivity index (χ0n) is 9.48. The van der Waals surface area contributed by atoms with Crippen LogP contribution in [0.5, 0.6) is 0 Å². The third-order valence-corrected chi connectivity index (χ3v) is 5.23. The Kier molecular flexibility index (Phi) is 4.40. The van der Waals surface area contributed by atoms with Gasteiger partial charge in [0.1, 0.15) is 0 Å². The maximum absolute atomic E-state index is 12.1. The van der Waals surface area contributed by atoms with Crippen LogP contribution in [-0.2, 0) is 10.2 Å². The number of piperidine rings is 1. The van der Waals surface area contributed by atoms with Crippen molar-refractivity contribution in [3.05, 3.63) is 0 Å². The molecule has 1 rings (SSSR count). The van der Waals surface area contributed by atoms with Crippen LogP contribution in [0.2, 0.25) is 0 Å². The first kappa shape index (κ1) is 13.2. The molecule has 15 heavy (non-hydrogen) atoms. The fraction of sp³-hybridized carbons (Fsp3) is 1.00. The molecule has 1 saturated heterocycles. The van der Waals surface area contributed by atoms with Crippen molar-refractivity contribution in [3.8, 4) is 0 Å². The second kappa shape index (κ2) is 4.99. The summed E-state index contributed by atoms with van der Waals surface area (Å²) in [5.74, 6) is 0. The SMILES string of the molecule is CC(C)N(C)S(=O)(=O)N1CCCC(Cl)C1. The molecule has 0 aromatic rings. The fourth-order valence-electron chi connectivity index (χ4n) is 1.55. The first-order chi connectivity index (χ1) is 6.85.